The van der Waals surface area contributed by atoms with Gasteiger partial charge in [-0.3, -0.25) is 9.67 Å². The Morgan fingerprint density at radius 1 is 1.50 bits per heavy atom. The van der Waals surface area contributed by atoms with Crippen molar-refractivity contribution >= 4 is 23.6 Å². The highest BCUT2D eigenvalue weighted by molar-refractivity contribution is 7.71. The molecule has 2 rings (SSSR count). The molecule has 0 aliphatic carbocycles. The van der Waals surface area contributed by atoms with Crippen LogP contribution < -0.4 is 0 Å². The minimum absolute atomic E-state index is 0.0311. The van der Waals surface area contributed by atoms with Crippen molar-refractivity contribution in [3.8, 4) is 0 Å². The fourth-order valence-corrected chi connectivity index (χ4v) is 2.84. The lowest BCUT2D eigenvalue weighted by Crippen LogP contribution is -2.24. The van der Waals surface area contributed by atoms with E-state index in [-0.39, 0.29) is 5.54 Å². The Bertz CT molecular complexity index is 514. The molecule has 0 aliphatic rings. The third kappa shape index (κ3) is 2.25. The van der Waals surface area contributed by atoms with Gasteiger partial charge < -0.3 is 0 Å². The maximum atomic E-state index is 5.26. The van der Waals surface area contributed by atoms with E-state index in [0.29, 0.717) is 4.77 Å². The molecule has 2 heterocycles. The first-order chi connectivity index (χ1) is 7.48. The van der Waals surface area contributed by atoms with Crippen LogP contribution in [0.2, 0.25) is 0 Å². The smallest absolute Gasteiger partial charge is 0.195 e. The summed E-state index contributed by atoms with van der Waals surface area (Å²) in [6.07, 6.45) is 0.835. The quantitative estimate of drug-likeness (QED) is 0.833. The number of aromatic nitrogens is 3. The van der Waals surface area contributed by atoms with Crippen LogP contribution >= 0.6 is 23.6 Å². The molecule has 0 unspecified atom stereocenters. The van der Waals surface area contributed by atoms with Gasteiger partial charge in [-0.1, -0.05) is 6.07 Å². The fourth-order valence-electron chi connectivity index (χ4n) is 1.71. The Balaban J connectivity index is 2.39. The Labute approximate surface area is 104 Å². The van der Waals surface area contributed by atoms with E-state index in [2.05, 4.69) is 53.0 Å². The minimum atomic E-state index is -0.0311. The monoisotopic (exact) mass is 253 g/mol. The SMILES string of the molecule is CC(C)(C)n1c(Cc2cccs2)n[nH]c1=S. The van der Waals surface area contributed by atoms with Gasteiger partial charge in [0, 0.05) is 16.8 Å². The highest BCUT2D eigenvalue weighted by atomic mass is 32.1. The molecule has 0 saturated carbocycles. The topological polar surface area (TPSA) is 33.6 Å². The average molecular weight is 253 g/mol. The van der Waals surface area contributed by atoms with Crippen molar-refractivity contribution in [2.75, 3.05) is 0 Å². The van der Waals surface area contributed by atoms with Crippen LogP contribution in [0.1, 0.15) is 31.5 Å². The van der Waals surface area contributed by atoms with Gasteiger partial charge in [-0.05, 0) is 44.4 Å². The molecule has 86 valence electrons. The van der Waals surface area contributed by atoms with Crippen LogP contribution in [0.3, 0.4) is 0 Å². The van der Waals surface area contributed by atoms with Crippen LogP contribution in [0.4, 0.5) is 0 Å². The molecule has 0 spiro atoms. The summed E-state index contributed by atoms with van der Waals surface area (Å²) in [6, 6.07) is 4.18. The average Bonchev–Trinajstić information content (AvgIpc) is 2.75. The molecule has 0 atom stereocenters. The van der Waals surface area contributed by atoms with Crippen LogP contribution in [0.5, 0.6) is 0 Å². The number of H-pyrrole nitrogens is 1. The van der Waals surface area contributed by atoms with E-state index in [1.165, 1.54) is 4.88 Å². The number of hydrogen-bond acceptors (Lipinski definition) is 3. The predicted octanol–water partition coefficient (Wildman–Crippen LogP) is 3.35. The maximum absolute atomic E-state index is 5.26. The third-order valence-electron chi connectivity index (χ3n) is 2.33. The van der Waals surface area contributed by atoms with E-state index in [4.69, 9.17) is 12.2 Å². The Kier molecular flexibility index (Phi) is 2.99. The zero-order valence-electron chi connectivity index (χ0n) is 9.65. The summed E-state index contributed by atoms with van der Waals surface area (Å²) >= 11 is 7.01. The molecular formula is C11H15N3S2. The number of hydrogen-bond donors (Lipinski definition) is 1. The third-order valence-corrected chi connectivity index (χ3v) is 3.48. The molecule has 0 saturated heterocycles. The number of aromatic amines is 1. The van der Waals surface area contributed by atoms with E-state index >= 15 is 0 Å². The van der Waals surface area contributed by atoms with Crippen LogP contribution in [-0.2, 0) is 12.0 Å². The molecule has 16 heavy (non-hydrogen) atoms. The molecule has 0 fully saturated rings. The van der Waals surface area contributed by atoms with E-state index in [9.17, 15) is 0 Å². The summed E-state index contributed by atoms with van der Waals surface area (Å²) in [5.41, 5.74) is -0.0311. The van der Waals surface area contributed by atoms with E-state index in [1.54, 1.807) is 11.3 Å². The zero-order chi connectivity index (χ0) is 11.8. The first-order valence-corrected chi connectivity index (χ1v) is 6.46. The number of nitrogens with zero attached hydrogens (tertiary/aromatic N) is 2. The van der Waals surface area contributed by atoms with Gasteiger partial charge in [-0.2, -0.15) is 5.10 Å². The van der Waals surface area contributed by atoms with E-state index in [1.807, 2.05) is 0 Å². The molecule has 1 N–H and O–H groups in total. The Morgan fingerprint density at radius 3 is 2.81 bits per heavy atom. The van der Waals surface area contributed by atoms with Crippen molar-refractivity contribution in [3.63, 3.8) is 0 Å². The Morgan fingerprint density at radius 2 is 2.25 bits per heavy atom. The molecule has 2 aromatic rings. The van der Waals surface area contributed by atoms with Crippen molar-refractivity contribution in [2.45, 2.75) is 32.7 Å². The fraction of sp³-hybridized carbons (Fsp3) is 0.455. The summed E-state index contributed by atoms with van der Waals surface area (Å²) in [5.74, 6) is 1.000. The van der Waals surface area contributed by atoms with Gasteiger partial charge >= 0.3 is 0 Å². The second kappa shape index (κ2) is 4.14. The largest absolute Gasteiger partial charge is 0.298 e. The second-order valence-electron chi connectivity index (χ2n) is 4.71. The van der Waals surface area contributed by atoms with Gasteiger partial charge in [0.2, 0.25) is 0 Å². The standard InChI is InChI=1S/C11H15N3S2/c1-11(2,3)14-9(12-13-10(14)15)7-8-5-4-6-16-8/h4-6H,7H2,1-3H3,(H,13,15). The lowest BCUT2D eigenvalue weighted by atomic mass is 10.1. The zero-order valence-corrected chi connectivity index (χ0v) is 11.3. The molecule has 0 amide bonds. The van der Waals surface area contributed by atoms with Crippen LogP contribution in [0.15, 0.2) is 17.5 Å². The molecular weight excluding hydrogens is 238 g/mol. The highest BCUT2D eigenvalue weighted by Gasteiger charge is 2.19. The van der Waals surface area contributed by atoms with Gasteiger partial charge in [0.15, 0.2) is 4.77 Å². The molecule has 0 bridgehead atoms. The Hall–Kier alpha value is -0.940. The molecule has 0 aliphatic heterocycles. The lowest BCUT2D eigenvalue weighted by molar-refractivity contribution is 0.380. The van der Waals surface area contributed by atoms with Crippen LogP contribution in [0.25, 0.3) is 0 Å². The predicted molar refractivity (Wildman–Crippen MR) is 69.5 cm³/mol. The summed E-state index contributed by atoms with van der Waals surface area (Å²) in [6.45, 7) is 6.41. The normalized spacial score (nSPS) is 11.9. The van der Waals surface area contributed by atoms with Crippen LogP contribution in [0, 0.1) is 4.77 Å². The van der Waals surface area contributed by atoms with Gasteiger partial charge in [-0.25, -0.2) is 0 Å². The van der Waals surface area contributed by atoms with Crippen molar-refractivity contribution < 1.29 is 0 Å². The lowest BCUT2D eigenvalue weighted by Gasteiger charge is -2.22. The second-order valence-corrected chi connectivity index (χ2v) is 6.13. The van der Waals surface area contributed by atoms with Crippen molar-refractivity contribution in [1.29, 1.82) is 0 Å². The first-order valence-electron chi connectivity index (χ1n) is 5.17. The van der Waals surface area contributed by atoms with E-state index in [0.717, 1.165) is 12.2 Å². The van der Waals surface area contributed by atoms with Gasteiger partial charge in [0.25, 0.3) is 0 Å². The summed E-state index contributed by atoms with van der Waals surface area (Å²) < 4.78 is 2.78. The van der Waals surface area contributed by atoms with Gasteiger partial charge in [-0.15, -0.1) is 11.3 Å². The van der Waals surface area contributed by atoms with Crippen molar-refractivity contribution in [3.05, 3.63) is 33.0 Å². The molecule has 0 aromatic carbocycles. The number of thiophene rings is 1. The van der Waals surface area contributed by atoms with Gasteiger partial charge in [0.1, 0.15) is 5.82 Å². The number of rotatable bonds is 2. The minimum Gasteiger partial charge on any atom is -0.298 e. The molecule has 3 nitrogen and oxygen atoms in total. The summed E-state index contributed by atoms with van der Waals surface area (Å²) in [5, 5.41) is 9.27. The molecule has 5 heteroatoms. The molecule has 2 aromatic heterocycles. The van der Waals surface area contributed by atoms with E-state index < -0.39 is 0 Å². The van der Waals surface area contributed by atoms with Crippen molar-refractivity contribution in [1.82, 2.24) is 14.8 Å². The number of nitrogens with one attached hydrogen (secondary N) is 1. The maximum Gasteiger partial charge on any atom is 0.195 e. The summed E-state index contributed by atoms with van der Waals surface area (Å²) in [4.78, 5) is 1.31. The van der Waals surface area contributed by atoms with Crippen LogP contribution in [-0.4, -0.2) is 14.8 Å². The molecule has 0 radical (unpaired) electrons. The van der Waals surface area contributed by atoms with Crippen molar-refractivity contribution in [2.24, 2.45) is 0 Å². The highest BCUT2D eigenvalue weighted by Crippen LogP contribution is 2.20. The summed E-state index contributed by atoms with van der Waals surface area (Å²) in [7, 11) is 0. The van der Waals surface area contributed by atoms with Gasteiger partial charge in [0.05, 0.1) is 0 Å². The first kappa shape index (κ1) is 11.5.